The largest absolute Gasteiger partial charge is 0.241 e. The number of aromatic nitrogens is 4. The third kappa shape index (κ3) is 3.09. The van der Waals surface area contributed by atoms with Gasteiger partial charge >= 0.3 is 0 Å². The van der Waals surface area contributed by atoms with Gasteiger partial charge in [0.05, 0.1) is 6.20 Å². The summed E-state index contributed by atoms with van der Waals surface area (Å²) in [6, 6.07) is 3.99. The fraction of sp³-hybridized carbons (Fsp3) is 0.429. The molecule has 2 aromatic rings. The SMILES string of the molecule is CC(C)c1nccc(CC(C)c2ccnnc2)n1. The summed E-state index contributed by atoms with van der Waals surface area (Å²) in [6.07, 6.45) is 6.28. The van der Waals surface area contributed by atoms with E-state index in [9.17, 15) is 0 Å². The van der Waals surface area contributed by atoms with Gasteiger partial charge in [-0.15, -0.1) is 0 Å². The molecular formula is C14H18N4. The van der Waals surface area contributed by atoms with Gasteiger partial charge in [-0.05, 0) is 30.0 Å². The van der Waals surface area contributed by atoms with Gasteiger partial charge in [-0.2, -0.15) is 10.2 Å². The fourth-order valence-corrected chi connectivity index (χ4v) is 1.83. The zero-order valence-electron chi connectivity index (χ0n) is 11.0. The quantitative estimate of drug-likeness (QED) is 0.827. The average molecular weight is 242 g/mol. The Hall–Kier alpha value is -1.84. The molecule has 0 aliphatic rings. The molecule has 2 rings (SSSR count). The van der Waals surface area contributed by atoms with E-state index in [2.05, 4.69) is 40.9 Å². The van der Waals surface area contributed by atoms with Gasteiger partial charge in [0.25, 0.3) is 0 Å². The molecule has 0 aliphatic carbocycles. The van der Waals surface area contributed by atoms with E-state index in [0.717, 1.165) is 17.9 Å². The molecule has 1 unspecified atom stereocenters. The molecule has 0 aliphatic heterocycles. The average Bonchev–Trinajstić information content (AvgIpc) is 2.40. The molecule has 0 radical (unpaired) electrons. The molecule has 4 heteroatoms. The van der Waals surface area contributed by atoms with Gasteiger partial charge in [0.2, 0.25) is 0 Å². The maximum atomic E-state index is 4.59. The standard InChI is InChI=1S/C14H18N4/c1-10(2)14-15-6-5-13(18-14)8-11(3)12-4-7-16-17-9-12/h4-7,9-11H,8H2,1-3H3. The Bertz CT molecular complexity index is 496. The van der Waals surface area contributed by atoms with Crippen LogP contribution in [-0.2, 0) is 6.42 Å². The summed E-state index contributed by atoms with van der Waals surface area (Å²) in [5.41, 5.74) is 2.27. The molecule has 0 N–H and O–H groups in total. The van der Waals surface area contributed by atoms with Gasteiger partial charge in [-0.1, -0.05) is 20.8 Å². The summed E-state index contributed by atoms with van der Waals surface area (Å²) in [5, 5.41) is 7.71. The lowest BCUT2D eigenvalue weighted by Gasteiger charge is -2.11. The first-order chi connectivity index (χ1) is 8.66. The molecule has 0 saturated carbocycles. The van der Waals surface area contributed by atoms with E-state index in [1.54, 1.807) is 6.20 Å². The van der Waals surface area contributed by atoms with Gasteiger partial charge in [0.1, 0.15) is 5.82 Å². The van der Waals surface area contributed by atoms with Crippen molar-refractivity contribution in [1.29, 1.82) is 0 Å². The van der Waals surface area contributed by atoms with Crippen molar-refractivity contribution in [2.24, 2.45) is 0 Å². The van der Waals surface area contributed by atoms with Crippen molar-refractivity contribution >= 4 is 0 Å². The molecule has 0 saturated heterocycles. The third-order valence-electron chi connectivity index (χ3n) is 2.94. The molecular weight excluding hydrogens is 224 g/mol. The van der Waals surface area contributed by atoms with Crippen LogP contribution >= 0.6 is 0 Å². The molecule has 0 fully saturated rings. The first-order valence-electron chi connectivity index (χ1n) is 6.25. The van der Waals surface area contributed by atoms with Crippen molar-refractivity contribution < 1.29 is 0 Å². The van der Waals surface area contributed by atoms with E-state index in [-0.39, 0.29) is 0 Å². The van der Waals surface area contributed by atoms with Crippen LogP contribution in [0.1, 0.15) is 49.7 Å². The Labute approximate surface area is 108 Å². The summed E-state index contributed by atoms with van der Waals surface area (Å²) in [6.45, 7) is 6.39. The molecule has 18 heavy (non-hydrogen) atoms. The van der Waals surface area contributed by atoms with Crippen molar-refractivity contribution in [3.8, 4) is 0 Å². The lowest BCUT2D eigenvalue weighted by Crippen LogP contribution is -2.05. The summed E-state index contributed by atoms with van der Waals surface area (Å²) in [5.74, 6) is 1.66. The minimum absolute atomic E-state index is 0.364. The van der Waals surface area contributed by atoms with Crippen LogP contribution in [0.4, 0.5) is 0 Å². The Balaban J connectivity index is 2.12. The summed E-state index contributed by atoms with van der Waals surface area (Å²) < 4.78 is 0. The van der Waals surface area contributed by atoms with Gasteiger partial charge in [0.15, 0.2) is 0 Å². The second-order valence-corrected chi connectivity index (χ2v) is 4.84. The second kappa shape index (κ2) is 5.67. The minimum Gasteiger partial charge on any atom is -0.241 e. The zero-order chi connectivity index (χ0) is 13.0. The van der Waals surface area contributed by atoms with Gasteiger partial charge < -0.3 is 0 Å². The van der Waals surface area contributed by atoms with Crippen molar-refractivity contribution in [3.05, 3.63) is 47.8 Å². The highest BCUT2D eigenvalue weighted by molar-refractivity contribution is 5.15. The molecule has 0 spiro atoms. The van der Waals surface area contributed by atoms with Crippen LogP contribution in [-0.4, -0.2) is 20.2 Å². The summed E-state index contributed by atoms with van der Waals surface area (Å²) in [4.78, 5) is 8.88. The van der Waals surface area contributed by atoms with E-state index in [1.165, 1.54) is 5.56 Å². The molecule has 2 aromatic heterocycles. The van der Waals surface area contributed by atoms with Crippen molar-refractivity contribution in [2.75, 3.05) is 0 Å². The smallest absolute Gasteiger partial charge is 0.131 e. The summed E-state index contributed by atoms with van der Waals surface area (Å²) >= 11 is 0. The number of rotatable bonds is 4. The predicted octanol–water partition coefficient (Wildman–Crippen LogP) is 2.74. The molecule has 0 bridgehead atoms. The molecule has 0 amide bonds. The fourth-order valence-electron chi connectivity index (χ4n) is 1.83. The highest BCUT2D eigenvalue weighted by atomic mass is 15.1. The Morgan fingerprint density at radius 1 is 1.06 bits per heavy atom. The van der Waals surface area contributed by atoms with Crippen LogP contribution in [0.2, 0.25) is 0 Å². The molecule has 4 nitrogen and oxygen atoms in total. The van der Waals surface area contributed by atoms with Crippen LogP contribution in [0.3, 0.4) is 0 Å². The van der Waals surface area contributed by atoms with Gasteiger partial charge in [0, 0.05) is 24.0 Å². The van der Waals surface area contributed by atoms with E-state index in [0.29, 0.717) is 11.8 Å². The zero-order valence-corrected chi connectivity index (χ0v) is 11.0. The van der Waals surface area contributed by atoms with Gasteiger partial charge in [-0.3, -0.25) is 0 Å². The molecule has 1 atom stereocenters. The lowest BCUT2D eigenvalue weighted by molar-refractivity contribution is 0.701. The number of hydrogen-bond donors (Lipinski definition) is 0. The first-order valence-corrected chi connectivity index (χ1v) is 6.25. The van der Waals surface area contributed by atoms with E-state index >= 15 is 0 Å². The minimum atomic E-state index is 0.364. The normalized spacial score (nSPS) is 12.7. The van der Waals surface area contributed by atoms with Crippen LogP contribution < -0.4 is 0 Å². The lowest BCUT2D eigenvalue weighted by atomic mass is 9.98. The highest BCUT2D eigenvalue weighted by Crippen LogP contribution is 2.18. The van der Waals surface area contributed by atoms with Crippen molar-refractivity contribution in [1.82, 2.24) is 20.2 Å². The van der Waals surface area contributed by atoms with Crippen LogP contribution in [0, 0.1) is 0 Å². The van der Waals surface area contributed by atoms with Crippen molar-refractivity contribution in [3.63, 3.8) is 0 Å². The molecule has 94 valence electrons. The maximum Gasteiger partial charge on any atom is 0.131 e. The molecule has 0 aromatic carbocycles. The third-order valence-corrected chi connectivity index (χ3v) is 2.94. The van der Waals surface area contributed by atoms with E-state index in [1.807, 2.05) is 24.5 Å². The van der Waals surface area contributed by atoms with Crippen LogP contribution in [0.15, 0.2) is 30.7 Å². The number of hydrogen-bond acceptors (Lipinski definition) is 4. The van der Waals surface area contributed by atoms with Crippen molar-refractivity contribution in [2.45, 2.75) is 39.0 Å². The topological polar surface area (TPSA) is 51.6 Å². The highest BCUT2D eigenvalue weighted by Gasteiger charge is 2.09. The summed E-state index contributed by atoms with van der Waals surface area (Å²) in [7, 11) is 0. The monoisotopic (exact) mass is 242 g/mol. The van der Waals surface area contributed by atoms with Gasteiger partial charge in [-0.25, -0.2) is 9.97 Å². The number of nitrogens with zero attached hydrogens (tertiary/aromatic N) is 4. The predicted molar refractivity (Wildman–Crippen MR) is 70.3 cm³/mol. The van der Waals surface area contributed by atoms with E-state index in [4.69, 9.17) is 0 Å². The Morgan fingerprint density at radius 2 is 1.89 bits per heavy atom. The first kappa shape index (κ1) is 12.6. The van der Waals surface area contributed by atoms with E-state index < -0.39 is 0 Å². The Morgan fingerprint density at radius 3 is 2.56 bits per heavy atom. The maximum absolute atomic E-state index is 4.59. The Kier molecular flexibility index (Phi) is 3.97. The van der Waals surface area contributed by atoms with Crippen LogP contribution in [0.5, 0.6) is 0 Å². The van der Waals surface area contributed by atoms with Crippen LogP contribution in [0.25, 0.3) is 0 Å². The second-order valence-electron chi connectivity index (χ2n) is 4.84. The molecule has 2 heterocycles.